The monoisotopic (exact) mass is 349 g/mol. The summed E-state index contributed by atoms with van der Waals surface area (Å²) in [6.45, 7) is 4.25. The van der Waals surface area contributed by atoms with E-state index in [0.29, 0.717) is 0 Å². The molecule has 0 saturated carbocycles. The summed E-state index contributed by atoms with van der Waals surface area (Å²) in [6.07, 6.45) is 0. The number of anilines is 1. The van der Waals surface area contributed by atoms with Crippen molar-refractivity contribution in [2.24, 2.45) is 0 Å². The molecule has 4 aromatic carbocycles. The van der Waals surface area contributed by atoms with Gasteiger partial charge < -0.3 is 5.73 Å². The van der Waals surface area contributed by atoms with Crippen molar-refractivity contribution < 1.29 is 0 Å². The highest BCUT2D eigenvalue weighted by molar-refractivity contribution is 5.99. The normalized spacial score (nSPS) is 10.7. The molecule has 0 spiro atoms. The minimum atomic E-state index is 0.803. The molecule has 0 atom stereocenters. The third-order valence-corrected chi connectivity index (χ3v) is 4.94. The van der Waals surface area contributed by atoms with Crippen LogP contribution in [-0.2, 0) is 0 Å². The largest absolute Gasteiger partial charge is 0.398 e. The van der Waals surface area contributed by atoms with Crippen molar-refractivity contribution in [1.82, 2.24) is 0 Å². The summed E-state index contributed by atoms with van der Waals surface area (Å²) in [5, 5.41) is 0. The first kappa shape index (κ1) is 17.1. The number of hydrogen-bond donors (Lipinski definition) is 1. The molecular weight excluding hydrogens is 326 g/mol. The van der Waals surface area contributed by atoms with E-state index < -0.39 is 0 Å². The molecule has 0 unspecified atom stereocenters. The fourth-order valence-electron chi connectivity index (χ4n) is 3.69. The van der Waals surface area contributed by atoms with Crippen LogP contribution >= 0.6 is 0 Å². The van der Waals surface area contributed by atoms with Gasteiger partial charge >= 0.3 is 0 Å². The number of rotatable bonds is 3. The zero-order valence-corrected chi connectivity index (χ0v) is 15.7. The molecule has 0 fully saturated rings. The van der Waals surface area contributed by atoms with Crippen molar-refractivity contribution in [2.75, 3.05) is 5.73 Å². The van der Waals surface area contributed by atoms with Crippen LogP contribution in [0.25, 0.3) is 33.4 Å². The minimum absolute atomic E-state index is 0.803. The predicted octanol–water partition coefficient (Wildman–Crippen LogP) is 6.89. The fourth-order valence-corrected chi connectivity index (χ4v) is 3.69. The molecule has 4 rings (SSSR count). The van der Waals surface area contributed by atoms with Crippen molar-refractivity contribution in [3.63, 3.8) is 0 Å². The summed E-state index contributed by atoms with van der Waals surface area (Å²) in [4.78, 5) is 0. The Labute approximate surface area is 161 Å². The summed E-state index contributed by atoms with van der Waals surface area (Å²) in [6, 6.07) is 31.9. The second-order valence-electron chi connectivity index (χ2n) is 7.06. The molecule has 132 valence electrons. The lowest BCUT2D eigenvalue weighted by atomic mass is 9.86. The lowest BCUT2D eigenvalue weighted by Gasteiger charge is -2.19. The van der Waals surface area contributed by atoms with Gasteiger partial charge in [0.05, 0.1) is 0 Å². The van der Waals surface area contributed by atoms with E-state index in [1.54, 1.807) is 0 Å². The van der Waals surface area contributed by atoms with Crippen LogP contribution in [0.5, 0.6) is 0 Å². The quantitative estimate of drug-likeness (QED) is 0.401. The molecule has 0 saturated heterocycles. The Balaban J connectivity index is 2.09. The smallest absolute Gasteiger partial charge is 0.0400 e. The molecule has 0 aromatic heterocycles. The van der Waals surface area contributed by atoms with Crippen LogP contribution in [-0.4, -0.2) is 0 Å². The Morgan fingerprint density at radius 2 is 1.07 bits per heavy atom. The van der Waals surface area contributed by atoms with Crippen molar-refractivity contribution in [1.29, 1.82) is 0 Å². The molecule has 1 heteroatoms. The Bertz CT molecular complexity index is 1090. The van der Waals surface area contributed by atoms with Gasteiger partial charge in [-0.25, -0.2) is 0 Å². The summed E-state index contributed by atoms with van der Waals surface area (Å²) < 4.78 is 0. The van der Waals surface area contributed by atoms with Crippen LogP contribution in [0.3, 0.4) is 0 Å². The van der Waals surface area contributed by atoms with Crippen LogP contribution in [0.2, 0.25) is 0 Å². The van der Waals surface area contributed by atoms with Crippen LogP contribution in [0.1, 0.15) is 11.1 Å². The molecule has 0 heterocycles. The highest BCUT2D eigenvalue weighted by Gasteiger charge is 2.17. The summed E-state index contributed by atoms with van der Waals surface area (Å²) in [5.74, 6) is 0. The zero-order chi connectivity index (χ0) is 18.8. The second kappa shape index (κ2) is 7.13. The lowest BCUT2D eigenvalue weighted by Crippen LogP contribution is -1.97. The second-order valence-corrected chi connectivity index (χ2v) is 7.06. The Morgan fingerprint density at radius 1 is 0.519 bits per heavy atom. The summed E-state index contributed by atoms with van der Waals surface area (Å²) >= 11 is 0. The molecular formula is C26H23N. The predicted molar refractivity (Wildman–Crippen MR) is 117 cm³/mol. The number of benzene rings is 4. The van der Waals surface area contributed by atoms with Gasteiger partial charge in [-0.2, -0.15) is 0 Å². The van der Waals surface area contributed by atoms with Crippen LogP contribution < -0.4 is 5.73 Å². The SMILES string of the molecule is Cc1cccc(-c2c(N)ccc(-c3ccccc3)c2-c2cccc(C)c2)c1. The van der Waals surface area contributed by atoms with E-state index in [9.17, 15) is 0 Å². The molecule has 0 bridgehead atoms. The maximum atomic E-state index is 6.53. The first-order valence-corrected chi connectivity index (χ1v) is 9.25. The average Bonchev–Trinajstić information content (AvgIpc) is 2.68. The van der Waals surface area contributed by atoms with Crippen LogP contribution in [0, 0.1) is 13.8 Å². The minimum Gasteiger partial charge on any atom is -0.398 e. The Hall–Kier alpha value is -3.32. The molecule has 0 aliphatic rings. The number of nitrogens with two attached hydrogens (primary N) is 1. The van der Waals surface area contributed by atoms with Crippen molar-refractivity contribution >= 4 is 5.69 Å². The van der Waals surface area contributed by atoms with E-state index in [4.69, 9.17) is 5.73 Å². The third kappa shape index (κ3) is 3.37. The number of hydrogen-bond acceptors (Lipinski definition) is 1. The Morgan fingerprint density at radius 3 is 1.67 bits per heavy atom. The maximum absolute atomic E-state index is 6.53. The van der Waals surface area contributed by atoms with Gasteiger partial charge in [0.25, 0.3) is 0 Å². The Kier molecular flexibility index (Phi) is 4.52. The van der Waals surface area contributed by atoms with Crippen molar-refractivity contribution in [3.8, 4) is 33.4 Å². The van der Waals surface area contributed by atoms with Gasteiger partial charge in [0.15, 0.2) is 0 Å². The summed E-state index contributed by atoms with van der Waals surface area (Å²) in [5.41, 5.74) is 16.8. The molecule has 27 heavy (non-hydrogen) atoms. The van der Waals surface area contributed by atoms with Gasteiger partial charge in [0.1, 0.15) is 0 Å². The first-order chi connectivity index (χ1) is 13.1. The van der Waals surface area contributed by atoms with E-state index in [1.165, 1.54) is 33.4 Å². The molecule has 2 N–H and O–H groups in total. The standard InChI is InChI=1S/C26H23N/c1-18-8-6-12-21(16-18)25-23(20-10-4-3-5-11-20)14-15-24(27)26(25)22-13-7-9-19(2)17-22/h3-17H,27H2,1-2H3. The van der Waals surface area contributed by atoms with E-state index in [2.05, 4.69) is 98.8 Å². The van der Waals surface area contributed by atoms with Gasteiger partial charge in [0, 0.05) is 11.3 Å². The summed E-state index contributed by atoms with van der Waals surface area (Å²) in [7, 11) is 0. The first-order valence-electron chi connectivity index (χ1n) is 9.25. The topological polar surface area (TPSA) is 26.0 Å². The molecule has 0 aliphatic carbocycles. The van der Waals surface area contributed by atoms with E-state index in [1.807, 2.05) is 6.07 Å². The highest BCUT2D eigenvalue weighted by atomic mass is 14.6. The van der Waals surface area contributed by atoms with Gasteiger partial charge in [-0.15, -0.1) is 0 Å². The number of nitrogen functional groups attached to an aromatic ring is 1. The average molecular weight is 349 g/mol. The van der Waals surface area contributed by atoms with Crippen molar-refractivity contribution in [3.05, 3.63) is 102 Å². The van der Waals surface area contributed by atoms with Crippen LogP contribution in [0.4, 0.5) is 5.69 Å². The molecule has 1 nitrogen and oxygen atoms in total. The molecule has 0 aliphatic heterocycles. The number of aryl methyl sites for hydroxylation is 2. The highest BCUT2D eigenvalue weighted by Crippen LogP contribution is 2.43. The molecule has 0 amide bonds. The zero-order valence-electron chi connectivity index (χ0n) is 15.7. The van der Waals surface area contributed by atoms with Gasteiger partial charge in [-0.1, -0.05) is 96.1 Å². The fraction of sp³-hybridized carbons (Fsp3) is 0.0769. The maximum Gasteiger partial charge on any atom is 0.0400 e. The van der Waals surface area contributed by atoms with E-state index in [0.717, 1.165) is 16.8 Å². The lowest BCUT2D eigenvalue weighted by molar-refractivity contribution is 1.45. The van der Waals surface area contributed by atoms with E-state index in [-0.39, 0.29) is 0 Å². The van der Waals surface area contributed by atoms with E-state index >= 15 is 0 Å². The van der Waals surface area contributed by atoms with Crippen LogP contribution in [0.15, 0.2) is 91.0 Å². The molecule has 0 radical (unpaired) electrons. The van der Waals surface area contributed by atoms with Gasteiger partial charge in [-0.3, -0.25) is 0 Å². The third-order valence-electron chi connectivity index (χ3n) is 4.94. The van der Waals surface area contributed by atoms with Gasteiger partial charge in [-0.05, 0) is 47.7 Å². The molecule has 4 aromatic rings. The van der Waals surface area contributed by atoms with Crippen molar-refractivity contribution in [2.45, 2.75) is 13.8 Å². The van der Waals surface area contributed by atoms with Gasteiger partial charge in [0.2, 0.25) is 0 Å².